The van der Waals surface area contributed by atoms with Gasteiger partial charge in [0.15, 0.2) is 9.84 Å². The summed E-state index contributed by atoms with van der Waals surface area (Å²) in [5, 5.41) is 3.65. The lowest BCUT2D eigenvalue weighted by atomic mass is 10.1. The molecule has 1 aliphatic rings. The molecule has 1 heterocycles. The highest BCUT2D eigenvalue weighted by atomic mass is 32.2. The zero-order valence-corrected chi connectivity index (χ0v) is 18.2. The molecule has 2 aromatic carbocycles. The molecule has 1 saturated carbocycles. The Labute approximate surface area is 182 Å². The van der Waals surface area contributed by atoms with Crippen LogP contribution in [0, 0.1) is 5.82 Å². The number of nitrogens with zero attached hydrogens (tertiary/aromatic N) is 1. The number of aromatic nitrogens is 1. The van der Waals surface area contributed by atoms with Crippen molar-refractivity contribution in [3.63, 3.8) is 0 Å². The maximum atomic E-state index is 14.1. The van der Waals surface area contributed by atoms with E-state index in [1.165, 1.54) is 37.2 Å². The van der Waals surface area contributed by atoms with Crippen LogP contribution in [0.15, 0.2) is 59.6 Å². The van der Waals surface area contributed by atoms with Crippen LogP contribution in [0.3, 0.4) is 0 Å². The minimum absolute atomic E-state index is 0.0478. The van der Waals surface area contributed by atoms with Gasteiger partial charge in [-0.15, -0.1) is 0 Å². The van der Waals surface area contributed by atoms with Crippen molar-refractivity contribution in [2.75, 3.05) is 0 Å². The maximum absolute atomic E-state index is 14.1. The second-order valence-electron chi connectivity index (χ2n) is 8.24. The first-order valence-corrected chi connectivity index (χ1v) is 12.4. The lowest BCUT2D eigenvalue weighted by Crippen LogP contribution is -2.36. The molecule has 4 rings (SSSR count). The number of hydrogen-bond donors (Lipinski definition) is 1. The van der Waals surface area contributed by atoms with Gasteiger partial charge in [0.2, 0.25) is 5.91 Å². The number of halogens is 1. The standard InChI is InChI=1S/C24H27FN2O3S/c25-21-13-7-5-9-18(21)17-31(29,30)23-15-27(22-14-8-6-12-20(22)23)16-24(28)26-19-10-3-1-2-4-11-19/h5-9,12-15,19H,1-4,10-11,16-17H2,(H,26,28). The topological polar surface area (TPSA) is 68.2 Å². The molecule has 164 valence electrons. The molecule has 7 heteroatoms. The largest absolute Gasteiger partial charge is 0.352 e. The Hall–Kier alpha value is -2.67. The van der Waals surface area contributed by atoms with Gasteiger partial charge in [0.25, 0.3) is 0 Å². The van der Waals surface area contributed by atoms with Gasteiger partial charge < -0.3 is 9.88 Å². The van der Waals surface area contributed by atoms with E-state index >= 15 is 0 Å². The van der Waals surface area contributed by atoms with Crippen LogP contribution in [0.1, 0.15) is 44.1 Å². The molecule has 0 unspecified atom stereocenters. The highest BCUT2D eigenvalue weighted by molar-refractivity contribution is 7.90. The van der Waals surface area contributed by atoms with E-state index in [9.17, 15) is 17.6 Å². The van der Waals surface area contributed by atoms with Crippen LogP contribution in [-0.4, -0.2) is 24.9 Å². The fourth-order valence-corrected chi connectivity index (χ4v) is 5.94. The highest BCUT2D eigenvalue weighted by Crippen LogP contribution is 2.28. The second kappa shape index (κ2) is 9.22. The zero-order valence-electron chi connectivity index (χ0n) is 17.4. The number of carbonyl (C=O) groups is 1. The molecule has 0 radical (unpaired) electrons. The van der Waals surface area contributed by atoms with Crippen LogP contribution in [0.2, 0.25) is 0 Å². The molecule has 1 fully saturated rings. The summed E-state index contributed by atoms with van der Waals surface area (Å²) in [6, 6.07) is 13.2. The van der Waals surface area contributed by atoms with E-state index in [0.29, 0.717) is 10.9 Å². The maximum Gasteiger partial charge on any atom is 0.240 e. The molecule has 1 amide bonds. The van der Waals surface area contributed by atoms with Crippen molar-refractivity contribution in [1.29, 1.82) is 0 Å². The van der Waals surface area contributed by atoms with E-state index in [-0.39, 0.29) is 29.0 Å². The summed E-state index contributed by atoms with van der Waals surface area (Å²) in [5.41, 5.74) is 0.802. The first-order valence-electron chi connectivity index (χ1n) is 10.8. The number of para-hydroxylation sites is 1. The quantitative estimate of drug-likeness (QED) is 0.568. The highest BCUT2D eigenvalue weighted by Gasteiger charge is 2.24. The number of amides is 1. The Morgan fingerprint density at radius 1 is 1.00 bits per heavy atom. The van der Waals surface area contributed by atoms with Gasteiger partial charge in [0.05, 0.1) is 10.6 Å². The van der Waals surface area contributed by atoms with Crippen LogP contribution < -0.4 is 5.32 Å². The van der Waals surface area contributed by atoms with Gasteiger partial charge in [-0.25, -0.2) is 12.8 Å². The van der Waals surface area contributed by atoms with Crippen LogP contribution in [0.4, 0.5) is 4.39 Å². The van der Waals surface area contributed by atoms with E-state index < -0.39 is 21.4 Å². The number of sulfone groups is 1. The van der Waals surface area contributed by atoms with Gasteiger partial charge in [-0.2, -0.15) is 0 Å². The molecular weight excluding hydrogens is 415 g/mol. The zero-order chi connectivity index (χ0) is 21.8. The minimum atomic E-state index is -3.80. The summed E-state index contributed by atoms with van der Waals surface area (Å²) in [7, 11) is -3.80. The van der Waals surface area contributed by atoms with Crippen molar-refractivity contribution in [3.05, 3.63) is 66.1 Å². The molecule has 0 atom stereocenters. The molecule has 1 aliphatic carbocycles. The smallest absolute Gasteiger partial charge is 0.240 e. The Balaban J connectivity index is 1.60. The Bertz CT molecular complexity index is 1180. The number of hydrogen-bond acceptors (Lipinski definition) is 3. The van der Waals surface area contributed by atoms with Gasteiger partial charge in [-0.3, -0.25) is 4.79 Å². The lowest BCUT2D eigenvalue weighted by Gasteiger charge is -2.16. The summed E-state index contributed by atoms with van der Waals surface area (Å²) in [5.74, 6) is -1.09. The monoisotopic (exact) mass is 442 g/mol. The van der Waals surface area contributed by atoms with Gasteiger partial charge in [-0.05, 0) is 25.0 Å². The van der Waals surface area contributed by atoms with Crippen molar-refractivity contribution in [1.82, 2.24) is 9.88 Å². The third kappa shape index (κ3) is 4.98. The second-order valence-corrected chi connectivity index (χ2v) is 10.2. The first kappa shape index (κ1) is 21.6. The average Bonchev–Trinajstić information content (AvgIpc) is 2.91. The molecule has 5 nitrogen and oxygen atoms in total. The Morgan fingerprint density at radius 3 is 2.42 bits per heavy atom. The third-order valence-corrected chi connectivity index (χ3v) is 7.61. The van der Waals surface area contributed by atoms with Crippen LogP contribution in [0.25, 0.3) is 10.9 Å². The number of fused-ring (bicyclic) bond motifs is 1. The first-order chi connectivity index (χ1) is 14.9. The summed E-state index contributed by atoms with van der Waals surface area (Å²) in [6.45, 7) is 0.0478. The fourth-order valence-electron chi connectivity index (χ4n) is 4.34. The molecule has 1 N–H and O–H groups in total. The molecule has 0 bridgehead atoms. The number of rotatable bonds is 6. The Kier molecular flexibility index (Phi) is 6.41. The molecule has 1 aromatic heterocycles. The number of carbonyl (C=O) groups excluding carboxylic acids is 1. The summed E-state index contributed by atoms with van der Waals surface area (Å²) < 4.78 is 42.0. The van der Waals surface area contributed by atoms with E-state index in [2.05, 4.69) is 5.32 Å². The van der Waals surface area contributed by atoms with Crippen LogP contribution in [-0.2, 0) is 26.9 Å². The van der Waals surface area contributed by atoms with Crippen molar-refractivity contribution < 1.29 is 17.6 Å². The van der Waals surface area contributed by atoms with E-state index in [1.807, 2.05) is 6.07 Å². The molecular formula is C24H27FN2O3S. The number of nitrogens with one attached hydrogen (secondary N) is 1. The lowest BCUT2D eigenvalue weighted by molar-refractivity contribution is -0.122. The van der Waals surface area contributed by atoms with Crippen LogP contribution in [0.5, 0.6) is 0 Å². The normalized spacial score (nSPS) is 15.6. The van der Waals surface area contributed by atoms with Gasteiger partial charge in [0, 0.05) is 28.7 Å². The fraction of sp³-hybridized carbons (Fsp3) is 0.375. The molecule has 0 saturated heterocycles. The molecule has 0 spiro atoms. The molecule has 3 aromatic rings. The van der Waals surface area contributed by atoms with E-state index in [4.69, 9.17) is 0 Å². The average molecular weight is 443 g/mol. The third-order valence-electron chi connectivity index (χ3n) is 5.92. The van der Waals surface area contributed by atoms with E-state index in [0.717, 1.165) is 25.7 Å². The minimum Gasteiger partial charge on any atom is -0.352 e. The van der Waals surface area contributed by atoms with Crippen molar-refractivity contribution in [2.24, 2.45) is 0 Å². The predicted molar refractivity (Wildman–Crippen MR) is 119 cm³/mol. The molecule has 31 heavy (non-hydrogen) atoms. The summed E-state index contributed by atoms with van der Waals surface area (Å²) in [4.78, 5) is 12.8. The van der Waals surface area contributed by atoms with Gasteiger partial charge >= 0.3 is 0 Å². The number of benzene rings is 2. The van der Waals surface area contributed by atoms with E-state index in [1.54, 1.807) is 28.8 Å². The predicted octanol–water partition coefficient (Wildman–Crippen LogP) is 4.59. The van der Waals surface area contributed by atoms with Crippen molar-refractivity contribution in [3.8, 4) is 0 Å². The van der Waals surface area contributed by atoms with Crippen molar-refractivity contribution >= 4 is 26.6 Å². The Morgan fingerprint density at radius 2 is 1.68 bits per heavy atom. The van der Waals surface area contributed by atoms with Gasteiger partial charge in [-0.1, -0.05) is 62.1 Å². The summed E-state index contributed by atoms with van der Waals surface area (Å²) >= 11 is 0. The summed E-state index contributed by atoms with van der Waals surface area (Å²) in [6.07, 6.45) is 8.13. The van der Waals surface area contributed by atoms with Crippen molar-refractivity contribution in [2.45, 2.75) is 61.8 Å². The van der Waals surface area contributed by atoms with Gasteiger partial charge in [0.1, 0.15) is 12.4 Å². The molecule has 0 aliphatic heterocycles. The van der Waals surface area contributed by atoms with Crippen LogP contribution >= 0.6 is 0 Å². The SMILES string of the molecule is O=C(Cn1cc(S(=O)(=O)Cc2ccccc2F)c2ccccc21)NC1CCCCCC1.